The number of carbonyl (C=O) groups is 2. The summed E-state index contributed by atoms with van der Waals surface area (Å²) in [7, 11) is 1.72. The number of ether oxygens (including phenoxy) is 1. The lowest BCUT2D eigenvalue weighted by Crippen LogP contribution is -2.60. The highest BCUT2D eigenvalue weighted by Crippen LogP contribution is 2.44. The summed E-state index contributed by atoms with van der Waals surface area (Å²) in [6.45, 7) is 4.58. The van der Waals surface area contributed by atoms with Crippen molar-refractivity contribution in [2.45, 2.75) is 57.5 Å². The van der Waals surface area contributed by atoms with Crippen LogP contribution in [0, 0.1) is 11.8 Å². The third-order valence-corrected chi connectivity index (χ3v) is 7.45. The number of rotatable bonds is 5. The fourth-order valence-corrected chi connectivity index (χ4v) is 6.10. The first-order valence-corrected chi connectivity index (χ1v) is 12.3. The number of hydrogen-bond donors (Lipinski definition) is 1. The van der Waals surface area contributed by atoms with Crippen molar-refractivity contribution in [2.24, 2.45) is 11.8 Å². The third kappa shape index (κ3) is 5.12. The molecule has 1 N–H and O–H groups in total. The van der Waals surface area contributed by atoms with Gasteiger partial charge in [0, 0.05) is 44.2 Å². The van der Waals surface area contributed by atoms with Gasteiger partial charge in [0.15, 0.2) is 5.69 Å². The molecule has 4 heterocycles. The van der Waals surface area contributed by atoms with Crippen molar-refractivity contribution in [3.05, 3.63) is 47.3 Å². The number of nitrogens with zero attached hydrogens (tertiary/aromatic N) is 3. The molecule has 8 nitrogen and oxygen atoms in total. The van der Waals surface area contributed by atoms with E-state index < -0.39 is 0 Å². The quantitative estimate of drug-likeness (QED) is 0.661. The lowest BCUT2D eigenvalue weighted by molar-refractivity contribution is -0.122. The molecule has 0 aliphatic carbocycles. The molecule has 4 atom stereocenters. The molecule has 2 aromatic rings. The molecular formula is C26H35N3O5. The topological polar surface area (TPSA) is 96.1 Å². The van der Waals surface area contributed by atoms with Crippen LogP contribution in [0.5, 0.6) is 5.75 Å². The van der Waals surface area contributed by atoms with Crippen LogP contribution in [-0.4, -0.2) is 65.2 Å². The predicted octanol–water partition coefficient (Wildman–Crippen LogP) is 4.02. The number of aromatic nitrogens is 1. The highest BCUT2D eigenvalue weighted by atomic mass is 16.5. The second-order valence-corrected chi connectivity index (χ2v) is 9.59. The Morgan fingerprint density at radius 3 is 2.71 bits per heavy atom. The second-order valence-electron chi connectivity index (χ2n) is 9.59. The number of aryl methyl sites for hydroxylation is 1. The molecule has 0 unspecified atom stereocenters. The van der Waals surface area contributed by atoms with Gasteiger partial charge in [-0.05, 0) is 61.6 Å². The molecule has 2 bridgehead atoms. The first-order valence-electron chi connectivity index (χ1n) is 12.3. The molecule has 0 radical (unpaired) electrons. The van der Waals surface area contributed by atoms with Gasteiger partial charge in [0.1, 0.15) is 11.5 Å². The van der Waals surface area contributed by atoms with Gasteiger partial charge in [-0.25, -0.2) is 0 Å². The number of methoxy groups -OCH3 is 1. The number of carbonyl (C=O) groups excluding carboxylic acids is 1. The standard InChI is InChI=1S/C25H33N3O3.CH2O2/c1-3-5-21-13-22(26-31-21)25(29)27-14-17-12-19(16-27)24-7-4-6-23(28(24)15-17)18-8-10-20(30-2)11-9-18;2-1-3/h8-11,13,17,19,23-24H,3-7,12,14-16H2,1-2H3;1H,(H,2,3)/t17-,19+,23+,24-;/m0./s1. The van der Waals surface area contributed by atoms with E-state index in [1.54, 1.807) is 7.11 Å². The van der Waals surface area contributed by atoms with Crippen LogP contribution in [0.15, 0.2) is 34.9 Å². The van der Waals surface area contributed by atoms with Crippen molar-refractivity contribution < 1.29 is 24.0 Å². The Kier molecular flexibility index (Phi) is 7.88. The number of likely N-dealkylation sites (tertiary alicyclic amines) is 1. The number of hydrogen-bond acceptors (Lipinski definition) is 6. The lowest BCUT2D eigenvalue weighted by atomic mass is 9.74. The van der Waals surface area contributed by atoms with Crippen LogP contribution in [0.2, 0.25) is 0 Å². The summed E-state index contributed by atoms with van der Waals surface area (Å²) in [6.07, 6.45) is 6.75. The van der Waals surface area contributed by atoms with E-state index in [1.165, 1.54) is 31.2 Å². The fourth-order valence-electron chi connectivity index (χ4n) is 6.10. The molecule has 3 saturated heterocycles. The van der Waals surface area contributed by atoms with Crippen molar-refractivity contribution >= 4 is 12.4 Å². The van der Waals surface area contributed by atoms with Crippen LogP contribution in [-0.2, 0) is 11.2 Å². The highest BCUT2D eigenvalue weighted by Gasteiger charge is 2.46. The maximum absolute atomic E-state index is 13.1. The lowest BCUT2D eigenvalue weighted by Gasteiger charge is -2.55. The van der Waals surface area contributed by atoms with E-state index in [1.807, 2.05) is 11.0 Å². The maximum Gasteiger partial charge on any atom is 0.290 e. The normalized spacial score (nSPS) is 26.1. The SMILES string of the molecule is CCCc1cc(C(=O)N2C[C@@H]3C[C@H](C2)[C@@H]2CCC[C@H](c4ccc(OC)cc4)N2C3)no1.O=CO. The van der Waals surface area contributed by atoms with Crippen molar-refractivity contribution in [3.63, 3.8) is 0 Å². The van der Waals surface area contributed by atoms with Gasteiger partial charge in [-0.3, -0.25) is 14.5 Å². The van der Waals surface area contributed by atoms with Crippen LogP contribution in [0.25, 0.3) is 0 Å². The maximum atomic E-state index is 13.1. The van der Waals surface area contributed by atoms with Crippen molar-refractivity contribution in [2.75, 3.05) is 26.7 Å². The van der Waals surface area contributed by atoms with Crippen LogP contribution in [0.3, 0.4) is 0 Å². The van der Waals surface area contributed by atoms with Gasteiger partial charge in [0.05, 0.1) is 7.11 Å². The number of piperidine rings is 3. The second kappa shape index (κ2) is 11.0. The Morgan fingerprint density at radius 1 is 1.24 bits per heavy atom. The number of benzene rings is 1. The van der Waals surface area contributed by atoms with E-state index in [0.29, 0.717) is 29.6 Å². The molecule has 184 valence electrons. The minimum atomic E-state index is -0.250. The zero-order chi connectivity index (χ0) is 24.1. The summed E-state index contributed by atoms with van der Waals surface area (Å²) in [5.41, 5.74) is 1.87. The van der Waals surface area contributed by atoms with Crippen molar-refractivity contribution in [3.8, 4) is 5.75 Å². The molecule has 0 spiro atoms. The van der Waals surface area contributed by atoms with Gasteiger partial charge in [-0.1, -0.05) is 24.2 Å². The van der Waals surface area contributed by atoms with Crippen molar-refractivity contribution in [1.29, 1.82) is 0 Å². The molecule has 1 aromatic heterocycles. The summed E-state index contributed by atoms with van der Waals surface area (Å²) < 4.78 is 10.7. The Labute approximate surface area is 200 Å². The van der Waals surface area contributed by atoms with Crippen LogP contribution in [0.4, 0.5) is 0 Å². The number of amides is 1. The van der Waals surface area contributed by atoms with Gasteiger partial charge in [-0.15, -0.1) is 0 Å². The molecule has 1 amide bonds. The largest absolute Gasteiger partial charge is 0.497 e. The predicted molar refractivity (Wildman–Crippen MR) is 127 cm³/mol. The van der Waals surface area contributed by atoms with E-state index in [0.717, 1.165) is 44.0 Å². The van der Waals surface area contributed by atoms with Gasteiger partial charge in [0.2, 0.25) is 0 Å². The molecule has 0 saturated carbocycles. The summed E-state index contributed by atoms with van der Waals surface area (Å²) in [6, 6.07) is 11.5. The minimum absolute atomic E-state index is 0.0387. The summed E-state index contributed by atoms with van der Waals surface area (Å²) in [4.78, 5) is 26.3. The van der Waals surface area contributed by atoms with Crippen molar-refractivity contribution in [1.82, 2.24) is 15.0 Å². The Balaban J connectivity index is 0.000000868. The van der Waals surface area contributed by atoms with Gasteiger partial charge in [0.25, 0.3) is 12.4 Å². The summed E-state index contributed by atoms with van der Waals surface area (Å²) in [5, 5.41) is 11.0. The zero-order valence-electron chi connectivity index (χ0n) is 20.1. The minimum Gasteiger partial charge on any atom is -0.497 e. The Hall–Kier alpha value is -2.87. The summed E-state index contributed by atoms with van der Waals surface area (Å²) in [5.74, 6) is 2.83. The Bertz CT molecular complexity index is 960. The van der Waals surface area contributed by atoms with E-state index in [2.05, 4.69) is 41.2 Å². The zero-order valence-corrected chi connectivity index (χ0v) is 20.1. The molecule has 3 aliphatic heterocycles. The van der Waals surface area contributed by atoms with E-state index in [9.17, 15) is 4.79 Å². The number of fused-ring (bicyclic) bond motifs is 4. The number of carboxylic acid groups (broad SMARTS) is 1. The highest BCUT2D eigenvalue weighted by molar-refractivity contribution is 5.92. The van der Waals surface area contributed by atoms with Gasteiger partial charge < -0.3 is 19.3 Å². The van der Waals surface area contributed by atoms with Gasteiger partial charge in [-0.2, -0.15) is 0 Å². The first-order chi connectivity index (χ1) is 16.6. The van der Waals surface area contributed by atoms with Crippen LogP contribution < -0.4 is 4.74 Å². The first kappa shape index (κ1) is 24.3. The molecular weight excluding hydrogens is 434 g/mol. The average Bonchev–Trinajstić information content (AvgIpc) is 3.32. The molecule has 34 heavy (non-hydrogen) atoms. The monoisotopic (exact) mass is 469 g/mol. The summed E-state index contributed by atoms with van der Waals surface area (Å²) >= 11 is 0. The van der Waals surface area contributed by atoms with E-state index in [4.69, 9.17) is 19.2 Å². The molecule has 1 aromatic carbocycles. The van der Waals surface area contributed by atoms with E-state index in [-0.39, 0.29) is 12.4 Å². The molecule has 3 fully saturated rings. The molecule has 5 rings (SSSR count). The smallest absolute Gasteiger partial charge is 0.290 e. The van der Waals surface area contributed by atoms with Crippen LogP contribution >= 0.6 is 0 Å². The molecule has 3 aliphatic rings. The van der Waals surface area contributed by atoms with Gasteiger partial charge >= 0.3 is 0 Å². The van der Waals surface area contributed by atoms with E-state index >= 15 is 0 Å². The molecule has 8 heteroatoms. The Morgan fingerprint density at radius 2 is 2.00 bits per heavy atom. The average molecular weight is 470 g/mol. The van der Waals surface area contributed by atoms with Crippen LogP contribution in [0.1, 0.15) is 66.9 Å². The fraction of sp³-hybridized carbons (Fsp3) is 0.577. The third-order valence-electron chi connectivity index (χ3n) is 7.45.